The van der Waals surface area contributed by atoms with E-state index >= 15 is 0 Å². The van der Waals surface area contributed by atoms with Crippen molar-refractivity contribution < 1.29 is 93.6 Å². The van der Waals surface area contributed by atoms with Gasteiger partial charge in [-0.25, -0.2) is 42.2 Å². The number of carbonyl (C=O) groups excluding carboxylic acids is 3. The summed E-state index contributed by atoms with van der Waals surface area (Å²) in [6.45, 7) is 2.41. The number of para-hydroxylation sites is 1. The molecule has 0 spiro atoms. The molecule has 0 saturated carbocycles. The Morgan fingerprint density at radius 1 is 0.986 bits per heavy atom. The molecule has 34 heteroatoms. The zero-order valence-corrected chi connectivity index (χ0v) is 42.8. The molecule has 7 unspecified atom stereocenters. The number of anilines is 2. The maximum Gasteiger partial charge on any atom is 0.481 e. The maximum absolute atomic E-state index is 13.2. The smallest absolute Gasteiger partial charge is 0.454 e. The lowest BCUT2D eigenvalue weighted by Crippen LogP contribution is -2.46. The predicted molar refractivity (Wildman–Crippen MR) is 254 cm³/mol. The minimum atomic E-state index is -5.63. The lowest BCUT2D eigenvalue weighted by atomic mass is 9.87. The first kappa shape index (κ1) is 58.4. The van der Waals surface area contributed by atoms with Crippen molar-refractivity contribution in [3.8, 4) is 11.5 Å². The lowest BCUT2D eigenvalue weighted by Gasteiger charge is -2.30. The van der Waals surface area contributed by atoms with E-state index in [0.717, 1.165) is 47.9 Å². The van der Waals surface area contributed by atoms with Crippen LogP contribution in [0.4, 0.5) is 11.5 Å². The van der Waals surface area contributed by atoms with Crippen LogP contribution in [0.2, 0.25) is 0 Å². The van der Waals surface area contributed by atoms with E-state index in [-0.39, 0.29) is 59.2 Å². The third kappa shape index (κ3) is 16.5. The Hall–Kier alpha value is -4.49. The molecular weight excluding hydrogens is 1060 g/mol. The van der Waals surface area contributed by atoms with E-state index in [1.807, 2.05) is 6.92 Å². The van der Waals surface area contributed by atoms with Gasteiger partial charge in [0, 0.05) is 42.8 Å². The molecular formula is C38H54N9O20P3S2. The molecule has 2 amide bonds. The number of imidazole rings is 1. The first-order chi connectivity index (χ1) is 33.6. The molecule has 0 aliphatic carbocycles. The van der Waals surface area contributed by atoms with Crippen LogP contribution in [0.5, 0.6) is 11.5 Å². The Labute approximate surface area is 415 Å². The SMILES string of the molecule is CCCCNc1cc(C(=O)SCCNC(=O)CCNC(=O)C(O)C(C)(C)COP(=O)(O)OP(=O)(O)OCC2OC(n3cnc4c(N)ncnc43)C(O)C2OP(=O)(O)O)cc(S(N)(=O)=O)c1Oc1ccccc1. The van der Waals surface area contributed by atoms with Gasteiger partial charge in [0.05, 0.1) is 25.2 Å². The molecule has 1 saturated heterocycles. The van der Waals surface area contributed by atoms with Gasteiger partial charge in [0.1, 0.15) is 46.9 Å². The van der Waals surface area contributed by atoms with E-state index in [1.165, 1.54) is 19.9 Å². The Balaban J connectivity index is 1.06. The highest BCUT2D eigenvalue weighted by atomic mass is 32.2. The van der Waals surface area contributed by atoms with Crippen molar-refractivity contribution in [2.45, 2.75) is 75.6 Å². The van der Waals surface area contributed by atoms with Crippen LogP contribution in [-0.4, -0.2) is 138 Å². The molecule has 72 heavy (non-hydrogen) atoms. The van der Waals surface area contributed by atoms with Crippen molar-refractivity contribution in [2.24, 2.45) is 10.6 Å². The number of unbranched alkanes of at least 4 members (excludes halogenated alkanes) is 1. The number of nitrogens with zero attached hydrogens (tertiary/aromatic N) is 4. The summed E-state index contributed by atoms with van der Waals surface area (Å²) < 4.78 is 93.8. The fraction of sp³-hybridized carbons (Fsp3) is 0.474. The first-order valence-electron chi connectivity index (χ1n) is 21.3. The maximum atomic E-state index is 13.2. The van der Waals surface area contributed by atoms with Crippen LogP contribution < -0.4 is 31.6 Å². The van der Waals surface area contributed by atoms with Crippen LogP contribution in [0.3, 0.4) is 0 Å². The van der Waals surface area contributed by atoms with Crippen LogP contribution in [0, 0.1) is 5.41 Å². The number of fused-ring (bicyclic) bond motifs is 1. The van der Waals surface area contributed by atoms with E-state index in [1.54, 1.807) is 30.3 Å². The fourth-order valence-electron chi connectivity index (χ4n) is 6.53. The summed E-state index contributed by atoms with van der Waals surface area (Å²) in [5, 5.41) is 34.7. The van der Waals surface area contributed by atoms with Crippen molar-refractivity contribution in [1.29, 1.82) is 0 Å². The van der Waals surface area contributed by atoms with Crippen LogP contribution in [0.1, 0.15) is 56.6 Å². The summed E-state index contributed by atoms with van der Waals surface area (Å²) in [7, 11) is -20.9. The molecule has 0 bridgehead atoms. The van der Waals surface area contributed by atoms with Crippen molar-refractivity contribution in [2.75, 3.05) is 49.7 Å². The molecule has 5 rings (SSSR count). The number of aliphatic hydroxyl groups is 2. The lowest BCUT2D eigenvalue weighted by molar-refractivity contribution is -0.137. The first-order valence-corrected chi connectivity index (χ1v) is 28.4. The van der Waals surface area contributed by atoms with Crippen molar-refractivity contribution >= 4 is 84.9 Å². The Morgan fingerprint density at radius 2 is 1.68 bits per heavy atom. The third-order valence-corrected chi connectivity index (χ3v) is 15.1. The van der Waals surface area contributed by atoms with Crippen LogP contribution in [0.15, 0.2) is 60.0 Å². The number of thioether (sulfide) groups is 1. The number of carbonyl (C=O) groups is 3. The van der Waals surface area contributed by atoms with Crippen molar-refractivity contribution in [3.63, 3.8) is 0 Å². The molecule has 1 aliphatic heterocycles. The van der Waals surface area contributed by atoms with E-state index in [0.29, 0.717) is 12.3 Å². The van der Waals surface area contributed by atoms with Gasteiger partial charge in [0.25, 0.3) is 0 Å². The zero-order chi connectivity index (χ0) is 53.2. The van der Waals surface area contributed by atoms with Gasteiger partial charge >= 0.3 is 23.5 Å². The van der Waals surface area contributed by atoms with Gasteiger partial charge in [-0.1, -0.05) is 57.2 Å². The van der Waals surface area contributed by atoms with E-state index in [4.69, 9.17) is 29.4 Å². The number of sulfonamides is 1. The summed E-state index contributed by atoms with van der Waals surface area (Å²) in [5.74, 6) is -1.37. The number of phosphoric ester groups is 3. The second-order valence-electron chi connectivity index (χ2n) is 16.3. The van der Waals surface area contributed by atoms with Gasteiger partial charge in [-0.3, -0.25) is 32.5 Å². The molecule has 0 radical (unpaired) electrons. The summed E-state index contributed by atoms with van der Waals surface area (Å²) >= 11 is 0.785. The number of nitrogens with two attached hydrogens (primary N) is 2. The van der Waals surface area contributed by atoms with Gasteiger partial charge in [-0.05, 0) is 30.7 Å². The number of ether oxygens (including phenoxy) is 2. The Morgan fingerprint density at radius 3 is 2.35 bits per heavy atom. The number of hydrogen-bond acceptors (Lipinski definition) is 22. The molecule has 398 valence electrons. The van der Waals surface area contributed by atoms with Crippen LogP contribution in [0.25, 0.3) is 11.2 Å². The topological polar surface area (TPSA) is 445 Å². The fourth-order valence-corrected chi connectivity index (χ4v) is 10.7. The molecule has 4 aromatic rings. The number of nitrogen functional groups attached to an aromatic ring is 1. The normalized spacial score (nSPS) is 19.5. The molecule has 1 aliphatic rings. The van der Waals surface area contributed by atoms with Gasteiger partial charge < -0.3 is 60.9 Å². The van der Waals surface area contributed by atoms with Crippen LogP contribution in [-0.2, 0) is 55.9 Å². The minimum Gasteiger partial charge on any atom is -0.454 e. The molecule has 3 heterocycles. The summed E-state index contributed by atoms with van der Waals surface area (Å²) in [4.78, 5) is 89.4. The number of benzene rings is 2. The molecule has 7 atom stereocenters. The van der Waals surface area contributed by atoms with E-state index < -0.39 is 105 Å². The van der Waals surface area contributed by atoms with Crippen molar-refractivity contribution in [3.05, 3.63) is 60.7 Å². The molecule has 1 fully saturated rings. The zero-order valence-electron chi connectivity index (χ0n) is 38.4. The standard InChI is InChI=1S/C38H54N9O20P3S2/c1-4-5-12-41-24-16-22(17-26(72(40,60)61)30(24)64-23-9-7-6-8-10-23)37(52)71-15-14-42-27(48)11-13-43-35(51)32(50)38(2,3)19-63-70(58,59)67-69(56,57)62-18-25-31(66-68(53,54)55)29(49)36(65-25)47-21-46-28-33(39)44-20-45-34(28)47/h6-10,16-17,20-21,25,29,31-32,36,41,49-50H,4-5,11-15,18-19H2,1-3H3,(H,42,48)(H,43,51)(H,56,57)(H,58,59)(H2,39,44,45)(H2,40,60,61)(H2,53,54,55). The predicted octanol–water partition coefficient (Wildman–Crippen LogP) is 1.63. The summed E-state index contributed by atoms with van der Waals surface area (Å²) in [5.41, 5.74) is 4.40. The van der Waals surface area contributed by atoms with Gasteiger partial charge in [0.2, 0.25) is 27.0 Å². The number of aromatic nitrogens is 4. The van der Waals surface area contributed by atoms with Crippen molar-refractivity contribution in [1.82, 2.24) is 30.2 Å². The molecule has 13 N–H and O–H groups in total. The number of rotatable bonds is 27. The summed E-state index contributed by atoms with van der Waals surface area (Å²) in [6, 6.07) is 11.0. The number of phosphoric acid groups is 3. The summed E-state index contributed by atoms with van der Waals surface area (Å²) in [6.07, 6.45) is -5.72. The number of aliphatic hydroxyl groups excluding tert-OH is 2. The highest BCUT2D eigenvalue weighted by Gasteiger charge is 2.50. The Bertz CT molecular complexity index is 2830. The molecule has 2 aromatic heterocycles. The van der Waals surface area contributed by atoms with Gasteiger partial charge in [-0.2, -0.15) is 4.31 Å². The molecule has 29 nitrogen and oxygen atoms in total. The van der Waals surface area contributed by atoms with Gasteiger partial charge in [0.15, 0.2) is 23.4 Å². The average molecular weight is 1110 g/mol. The highest BCUT2D eigenvalue weighted by Crippen LogP contribution is 2.61. The minimum absolute atomic E-state index is 0.00165. The second-order valence-corrected chi connectivity index (χ2v) is 23.1. The van der Waals surface area contributed by atoms with Crippen LogP contribution >= 0.6 is 35.2 Å². The quantitative estimate of drug-likeness (QED) is 0.0298. The Kier molecular flexibility index (Phi) is 20.0. The van der Waals surface area contributed by atoms with E-state index in [2.05, 4.69) is 39.7 Å². The molecule has 2 aromatic carbocycles. The monoisotopic (exact) mass is 1110 g/mol. The average Bonchev–Trinajstić information content (AvgIpc) is 3.86. The number of amides is 2. The number of nitrogens with one attached hydrogen (secondary N) is 3. The highest BCUT2D eigenvalue weighted by molar-refractivity contribution is 8.14. The number of primary sulfonamides is 1. The number of hydrogen-bond donors (Lipinski definition) is 11. The largest absolute Gasteiger partial charge is 0.481 e. The van der Waals surface area contributed by atoms with Gasteiger partial charge in [-0.15, -0.1) is 0 Å². The second kappa shape index (κ2) is 24.7. The van der Waals surface area contributed by atoms with E-state index in [9.17, 15) is 66.3 Å². The third-order valence-electron chi connectivity index (χ3n) is 10.1.